The fraction of sp³-hybridized carbons (Fsp3) is 0.526. The van der Waals surface area contributed by atoms with Crippen molar-refractivity contribution in [3.05, 3.63) is 34.7 Å². The highest BCUT2D eigenvalue weighted by Gasteiger charge is 2.33. The van der Waals surface area contributed by atoms with E-state index in [4.69, 9.17) is 9.15 Å². The summed E-state index contributed by atoms with van der Waals surface area (Å²) in [6.45, 7) is 6.56. The van der Waals surface area contributed by atoms with E-state index >= 15 is 0 Å². The molecule has 0 spiro atoms. The summed E-state index contributed by atoms with van der Waals surface area (Å²) < 4.78 is 11.3. The van der Waals surface area contributed by atoms with Gasteiger partial charge in [0.15, 0.2) is 5.75 Å². The van der Waals surface area contributed by atoms with Crippen LogP contribution in [0.3, 0.4) is 0 Å². The second kappa shape index (κ2) is 6.26. The van der Waals surface area contributed by atoms with Crippen molar-refractivity contribution in [1.29, 1.82) is 0 Å². The van der Waals surface area contributed by atoms with Gasteiger partial charge in [0, 0.05) is 0 Å². The van der Waals surface area contributed by atoms with Crippen LogP contribution in [0.1, 0.15) is 40.0 Å². The van der Waals surface area contributed by atoms with Gasteiger partial charge in [-0.1, -0.05) is 39.3 Å². The average Bonchev–Trinajstić information content (AvgIpc) is 2.51. The lowest BCUT2D eigenvalue weighted by Crippen LogP contribution is -2.37. The molecule has 3 rings (SSSR count). The van der Waals surface area contributed by atoms with E-state index in [1.807, 2.05) is 0 Å². The van der Waals surface area contributed by atoms with Crippen LogP contribution in [0.15, 0.2) is 33.5 Å². The molecule has 0 radical (unpaired) electrons. The number of benzene rings is 1. The average molecular weight is 316 g/mol. The Morgan fingerprint density at radius 1 is 1.26 bits per heavy atom. The number of rotatable bonds is 3. The second-order valence-electron chi connectivity index (χ2n) is 7.05. The number of hydrogen-bond acceptors (Lipinski definition) is 4. The Labute approximate surface area is 136 Å². The van der Waals surface area contributed by atoms with Gasteiger partial charge >= 0.3 is 5.63 Å². The SMILES string of the molecule is CC(C)[C@@H]1CC[C@@H](C)C[C@H]1Oc1c(O)c2ccccc2oc1=O. The molecule has 4 heteroatoms. The zero-order valence-corrected chi connectivity index (χ0v) is 13.9. The molecule has 3 atom stereocenters. The van der Waals surface area contributed by atoms with E-state index in [0.29, 0.717) is 28.7 Å². The summed E-state index contributed by atoms with van der Waals surface area (Å²) in [6, 6.07) is 6.96. The third-order valence-corrected chi connectivity index (χ3v) is 4.98. The molecule has 1 aliphatic rings. The van der Waals surface area contributed by atoms with Gasteiger partial charge in [-0.3, -0.25) is 0 Å². The molecule has 23 heavy (non-hydrogen) atoms. The first kappa shape index (κ1) is 15.9. The van der Waals surface area contributed by atoms with Crippen LogP contribution in [-0.4, -0.2) is 11.2 Å². The maximum absolute atomic E-state index is 12.2. The van der Waals surface area contributed by atoms with Crippen molar-refractivity contribution in [3.63, 3.8) is 0 Å². The summed E-state index contributed by atoms with van der Waals surface area (Å²) in [5.74, 6) is 1.26. The van der Waals surface area contributed by atoms with E-state index in [1.54, 1.807) is 24.3 Å². The number of hydrogen-bond donors (Lipinski definition) is 1. The molecule has 1 N–H and O–H groups in total. The molecule has 0 bridgehead atoms. The molecule has 124 valence electrons. The Morgan fingerprint density at radius 2 is 2.00 bits per heavy atom. The molecule has 1 saturated carbocycles. The highest BCUT2D eigenvalue weighted by molar-refractivity contribution is 5.85. The number of ether oxygens (including phenoxy) is 1. The molecule has 0 saturated heterocycles. The minimum absolute atomic E-state index is 0.0477. The Bertz CT molecular complexity index is 747. The van der Waals surface area contributed by atoms with E-state index in [1.165, 1.54) is 6.42 Å². The zero-order chi connectivity index (χ0) is 16.6. The normalized spacial score (nSPS) is 25.0. The fourth-order valence-corrected chi connectivity index (χ4v) is 3.62. The van der Waals surface area contributed by atoms with E-state index in [2.05, 4.69) is 20.8 Å². The van der Waals surface area contributed by atoms with Crippen LogP contribution >= 0.6 is 0 Å². The molecule has 1 fully saturated rings. The third-order valence-electron chi connectivity index (χ3n) is 4.98. The van der Waals surface area contributed by atoms with Crippen molar-refractivity contribution in [2.45, 2.75) is 46.1 Å². The van der Waals surface area contributed by atoms with Gasteiger partial charge in [-0.15, -0.1) is 0 Å². The van der Waals surface area contributed by atoms with Crippen LogP contribution in [0.4, 0.5) is 0 Å². The van der Waals surface area contributed by atoms with Gasteiger partial charge in [0.05, 0.1) is 5.39 Å². The quantitative estimate of drug-likeness (QED) is 0.856. The summed E-state index contributed by atoms with van der Waals surface area (Å²) in [7, 11) is 0. The Morgan fingerprint density at radius 3 is 2.74 bits per heavy atom. The standard InChI is InChI=1S/C19H24O4/c1-11(2)13-9-8-12(3)10-16(13)22-18-17(20)14-6-4-5-7-15(14)23-19(18)21/h4-7,11-13,16,20H,8-10H2,1-3H3/t12-,13+,16-/m1/s1. The number of para-hydroxylation sites is 1. The molecule has 0 unspecified atom stereocenters. The van der Waals surface area contributed by atoms with E-state index < -0.39 is 5.63 Å². The minimum Gasteiger partial charge on any atom is -0.504 e. The van der Waals surface area contributed by atoms with Crippen molar-refractivity contribution < 1.29 is 14.3 Å². The first-order valence-electron chi connectivity index (χ1n) is 8.38. The summed E-state index contributed by atoms with van der Waals surface area (Å²) in [4.78, 5) is 12.2. The predicted molar refractivity (Wildman–Crippen MR) is 89.9 cm³/mol. The number of fused-ring (bicyclic) bond motifs is 1. The molecular weight excluding hydrogens is 292 g/mol. The minimum atomic E-state index is -0.609. The molecule has 4 nitrogen and oxygen atoms in total. The maximum atomic E-state index is 12.2. The summed E-state index contributed by atoms with van der Waals surface area (Å²) in [6.07, 6.45) is 3.10. The fourth-order valence-electron chi connectivity index (χ4n) is 3.62. The molecule has 1 aliphatic carbocycles. The van der Waals surface area contributed by atoms with Crippen molar-refractivity contribution in [2.24, 2.45) is 17.8 Å². The lowest BCUT2D eigenvalue weighted by atomic mass is 9.75. The first-order chi connectivity index (χ1) is 11.0. The highest BCUT2D eigenvalue weighted by Crippen LogP contribution is 2.38. The van der Waals surface area contributed by atoms with Crippen LogP contribution < -0.4 is 10.4 Å². The molecule has 1 heterocycles. The van der Waals surface area contributed by atoms with Gasteiger partial charge in [0.2, 0.25) is 5.75 Å². The molecule has 2 aromatic rings. The van der Waals surface area contributed by atoms with Gasteiger partial charge in [0.1, 0.15) is 11.7 Å². The lowest BCUT2D eigenvalue weighted by Gasteiger charge is -2.37. The Hall–Kier alpha value is -1.97. The third kappa shape index (κ3) is 3.07. The summed E-state index contributed by atoms with van der Waals surface area (Å²) in [5.41, 5.74) is -0.235. The highest BCUT2D eigenvalue weighted by atomic mass is 16.5. The van der Waals surface area contributed by atoms with Gasteiger partial charge in [0.25, 0.3) is 0 Å². The van der Waals surface area contributed by atoms with Gasteiger partial charge in [-0.25, -0.2) is 4.79 Å². The molecule has 1 aromatic carbocycles. The van der Waals surface area contributed by atoms with Crippen molar-refractivity contribution in [1.82, 2.24) is 0 Å². The molecule has 0 amide bonds. The molecule has 0 aliphatic heterocycles. The van der Waals surface area contributed by atoms with Gasteiger partial charge in [-0.05, 0) is 42.7 Å². The predicted octanol–water partition coefficient (Wildman–Crippen LogP) is 4.34. The maximum Gasteiger partial charge on any atom is 0.383 e. The Kier molecular flexibility index (Phi) is 4.33. The first-order valence-corrected chi connectivity index (χ1v) is 8.38. The summed E-state index contributed by atoms with van der Waals surface area (Å²) in [5, 5.41) is 11.0. The van der Waals surface area contributed by atoms with E-state index in [9.17, 15) is 9.90 Å². The second-order valence-corrected chi connectivity index (χ2v) is 7.05. The summed E-state index contributed by atoms with van der Waals surface area (Å²) >= 11 is 0. The van der Waals surface area contributed by atoms with Crippen LogP contribution in [0.5, 0.6) is 11.5 Å². The largest absolute Gasteiger partial charge is 0.504 e. The zero-order valence-electron chi connectivity index (χ0n) is 13.9. The van der Waals surface area contributed by atoms with E-state index in [-0.39, 0.29) is 17.6 Å². The van der Waals surface area contributed by atoms with E-state index in [0.717, 1.165) is 12.8 Å². The topological polar surface area (TPSA) is 59.7 Å². The van der Waals surface area contributed by atoms with Gasteiger partial charge < -0.3 is 14.3 Å². The Balaban J connectivity index is 1.98. The monoisotopic (exact) mass is 316 g/mol. The molecular formula is C19H24O4. The lowest BCUT2D eigenvalue weighted by molar-refractivity contribution is 0.0415. The van der Waals surface area contributed by atoms with Crippen molar-refractivity contribution >= 4 is 11.0 Å². The van der Waals surface area contributed by atoms with Gasteiger partial charge in [-0.2, -0.15) is 0 Å². The van der Waals surface area contributed by atoms with Crippen LogP contribution in [-0.2, 0) is 0 Å². The smallest absolute Gasteiger partial charge is 0.383 e. The van der Waals surface area contributed by atoms with Crippen LogP contribution in [0.2, 0.25) is 0 Å². The van der Waals surface area contributed by atoms with Crippen molar-refractivity contribution in [2.75, 3.05) is 0 Å². The van der Waals surface area contributed by atoms with Crippen LogP contribution in [0.25, 0.3) is 11.0 Å². The number of aromatic hydroxyl groups is 1. The van der Waals surface area contributed by atoms with Crippen molar-refractivity contribution in [3.8, 4) is 11.5 Å². The van der Waals surface area contributed by atoms with Crippen LogP contribution in [0, 0.1) is 17.8 Å². The molecule has 1 aromatic heterocycles.